The number of nitrogens with zero attached hydrogens (tertiary/aromatic N) is 1. The molecular weight excluding hydrogens is 144 g/mol. The van der Waals surface area contributed by atoms with Gasteiger partial charge < -0.3 is 15.7 Å². The van der Waals surface area contributed by atoms with Gasteiger partial charge in [-0.05, 0) is 19.3 Å². The van der Waals surface area contributed by atoms with E-state index in [0.29, 0.717) is 6.54 Å². The van der Waals surface area contributed by atoms with Crippen LogP contribution >= 0.6 is 0 Å². The van der Waals surface area contributed by atoms with E-state index in [-0.39, 0.29) is 0 Å². The summed E-state index contributed by atoms with van der Waals surface area (Å²) >= 11 is 0. The summed E-state index contributed by atoms with van der Waals surface area (Å²) < 4.78 is 0. The van der Waals surface area contributed by atoms with E-state index in [4.69, 9.17) is 5.73 Å². The maximum Gasteiger partial charge on any atom is 0.314 e. The summed E-state index contributed by atoms with van der Waals surface area (Å²) in [6.45, 7) is 0.363. The Bertz CT molecular complexity index is 166. The number of carbonyl (C=O) groups is 1. The van der Waals surface area contributed by atoms with E-state index in [9.17, 15) is 9.90 Å². The molecule has 1 fully saturated rings. The van der Waals surface area contributed by atoms with Crippen LogP contribution in [0, 0.1) is 0 Å². The molecule has 0 heterocycles. The van der Waals surface area contributed by atoms with Gasteiger partial charge in [0.2, 0.25) is 0 Å². The minimum atomic E-state index is -0.649. The van der Waals surface area contributed by atoms with E-state index in [2.05, 4.69) is 0 Å². The van der Waals surface area contributed by atoms with Gasteiger partial charge in [0.15, 0.2) is 0 Å². The summed E-state index contributed by atoms with van der Waals surface area (Å²) in [5.74, 6) is 0. The first-order valence-electron chi connectivity index (χ1n) is 3.76. The Morgan fingerprint density at radius 3 is 2.55 bits per heavy atom. The van der Waals surface area contributed by atoms with Crippen molar-refractivity contribution in [1.82, 2.24) is 4.90 Å². The van der Waals surface area contributed by atoms with Gasteiger partial charge in [-0.3, -0.25) is 0 Å². The molecule has 1 aliphatic rings. The van der Waals surface area contributed by atoms with Gasteiger partial charge in [-0.25, -0.2) is 4.79 Å². The molecule has 3 N–H and O–H groups in total. The van der Waals surface area contributed by atoms with Crippen molar-refractivity contribution in [3.05, 3.63) is 0 Å². The molecule has 0 aromatic heterocycles. The van der Waals surface area contributed by atoms with E-state index < -0.39 is 11.6 Å². The molecule has 0 atom stereocenters. The number of primary amides is 1. The molecule has 0 bridgehead atoms. The first kappa shape index (κ1) is 8.33. The van der Waals surface area contributed by atoms with Crippen LogP contribution in [0.4, 0.5) is 4.79 Å². The normalized spacial score (nSPS) is 20.5. The summed E-state index contributed by atoms with van der Waals surface area (Å²) in [6, 6.07) is -0.481. The van der Waals surface area contributed by atoms with Crippen molar-refractivity contribution >= 4 is 6.03 Å². The SMILES string of the molecule is CN(CC1(O)CCC1)C(N)=O. The second-order valence-corrected chi connectivity index (χ2v) is 3.27. The number of amides is 2. The largest absolute Gasteiger partial charge is 0.388 e. The van der Waals surface area contributed by atoms with Gasteiger partial charge in [-0.2, -0.15) is 0 Å². The molecule has 0 radical (unpaired) electrons. The molecule has 1 rings (SSSR count). The molecule has 0 saturated heterocycles. The zero-order valence-corrected chi connectivity index (χ0v) is 6.71. The number of rotatable bonds is 2. The minimum absolute atomic E-state index is 0.363. The number of likely N-dealkylation sites (N-methyl/N-ethyl adjacent to an activating group) is 1. The Labute approximate surface area is 66.0 Å². The summed E-state index contributed by atoms with van der Waals surface area (Å²) in [5.41, 5.74) is 4.35. The number of aliphatic hydroxyl groups is 1. The zero-order chi connectivity index (χ0) is 8.48. The maximum atomic E-state index is 10.6. The summed E-state index contributed by atoms with van der Waals surface area (Å²) in [7, 11) is 1.60. The predicted molar refractivity (Wildman–Crippen MR) is 41.0 cm³/mol. The standard InChI is InChI=1S/C7H14N2O2/c1-9(6(8)10)5-7(11)3-2-4-7/h11H,2-5H2,1H3,(H2,8,10). The lowest BCUT2D eigenvalue weighted by molar-refractivity contribution is -0.0470. The Morgan fingerprint density at radius 2 is 2.27 bits per heavy atom. The Hall–Kier alpha value is -0.770. The number of nitrogens with two attached hydrogens (primary N) is 1. The number of urea groups is 1. The van der Waals surface area contributed by atoms with Gasteiger partial charge in [0, 0.05) is 7.05 Å². The first-order valence-corrected chi connectivity index (χ1v) is 3.76. The molecule has 0 aromatic rings. The molecular formula is C7H14N2O2. The van der Waals surface area contributed by atoms with Gasteiger partial charge in [0.25, 0.3) is 0 Å². The second kappa shape index (κ2) is 2.70. The average molecular weight is 158 g/mol. The van der Waals surface area contributed by atoms with Crippen LogP contribution < -0.4 is 5.73 Å². The zero-order valence-electron chi connectivity index (χ0n) is 6.71. The third kappa shape index (κ3) is 1.83. The lowest BCUT2D eigenvalue weighted by Crippen LogP contribution is -2.49. The topological polar surface area (TPSA) is 66.6 Å². The second-order valence-electron chi connectivity index (χ2n) is 3.27. The van der Waals surface area contributed by atoms with E-state index in [1.807, 2.05) is 0 Å². The number of hydrogen-bond donors (Lipinski definition) is 2. The lowest BCUT2D eigenvalue weighted by atomic mass is 9.80. The van der Waals surface area contributed by atoms with Crippen molar-refractivity contribution in [2.75, 3.05) is 13.6 Å². The van der Waals surface area contributed by atoms with Crippen molar-refractivity contribution in [1.29, 1.82) is 0 Å². The molecule has 1 aliphatic carbocycles. The van der Waals surface area contributed by atoms with Crippen LogP contribution in [0.25, 0.3) is 0 Å². The average Bonchev–Trinajstić information content (AvgIpc) is 1.84. The minimum Gasteiger partial charge on any atom is -0.388 e. The molecule has 0 unspecified atom stereocenters. The molecule has 0 aromatic carbocycles. The van der Waals surface area contributed by atoms with Crippen molar-refractivity contribution in [2.45, 2.75) is 24.9 Å². The van der Waals surface area contributed by atoms with E-state index in [1.54, 1.807) is 7.05 Å². The fraction of sp³-hybridized carbons (Fsp3) is 0.857. The molecule has 11 heavy (non-hydrogen) atoms. The van der Waals surface area contributed by atoms with Crippen LogP contribution in [0.5, 0.6) is 0 Å². The highest BCUT2D eigenvalue weighted by Crippen LogP contribution is 2.31. The fourth-order valence-corrected chi connectivity index (χ4v) is 1.26. The van der Waals surface area contributed by atoms with Crippen LogP contribution in [-0.4, -0.2) is 35.2 Å². The Kier molecular flexibility index (Phi) is 2.04. The van der Waals surface area contributed by atoms with Crippen molar-refractivity contribution in [2.24, 2.45) is 5.73 Å². The summed E-state index contributed by atoms with van der Waals surface area (Å²) in [5, 5.41) is 9.58. The molecule has 1 saturated carbocycles. The lowest BCUT2D eigenvalue weighted by Gasteiger charge is -2.38. The van der Waals surface area contributed by atoms with E-state index in [1.165, 1.54) is 4.90 Å². The summed E-state index contributed by atoms with van der Waals surface area (Å²) in [6.07, 6.45) is 2.61. The highest BCUT2D eigenvalue weighted by atomic mass is 16.3. The predicted octanol–water partition coefficient (Wildman–Crippen LogP) is -0.0881. The quantitative estimate of drug-likeness (QED) is 0.590. The van der Waals surface area contributed by atoms with Crippen LogP contribution in [0.1, 0.15) is 19.3 Å². The Morgan fingerprint density at radius 1 is 1.73 bits per heavy atom. The van der Waals surface area contributed by atoms with Crippen LogP contribution in [0.3, 0.4) is 0 Å². The maximum absolute atomic E-state index is 10.6. The van der Waals surface area contributed by atoms with E-state index in [0.717, 1.165) is 19.3 Å². The van der Waals surface area contributed by atoms with Crippen LogP contribution in [-0.2, 0) is 0 Å². The van der Waals surface area contributed by atoms with Gasteiger partial charge >= 0.3 is 6.03 Å². The van der Waals surface area contributed by atoms with Crippen molar-refractivity contribution in [3.8, 4) is 0 Å². The monoisotopic (exact) mass is 158 g/mol. The third-order valence-corrected chi connectivity index (χ3v) is 2.19. The van der Waals surface area contributed by atoms with Gasteiger partial charge in [-0.1, -0.05) is 0 Å². The van der Waals surface area contributed by atoms with Crippen LogP contribution in [0.2, 0.25) is 0 Å². The van der Waals surface area contributed by atoms with Gasteiger partial charge in [-0.15, -0.1) is 0 Å². The highest BCUT2D eigenvalue weighted by molar-refractivity contribution is 5.71. The smallest absolute Gasteiger partial charge is 0.314 e. The number of carbonyl (C=O) groups excluding carboxylic acids is 1. The molecule has 0 spiro atoms. The molecule has 4 heteroatoms. The first-order chi connectivity index (χ1) is 5.03. The Balaban J connectivity index is 2.35. The molecule has 0 aliphatic heterocycles. The van der Waals surface area contributed by atoms with Crippen LogP contribution in [0.15, 0.2) is 0 Å². The molecule has 64 valence electrons. The van der Waals surface area contributed by atoms with Gasteiger partial charge in [0.05, 0.1) is 12.1 Å². The van der Waals surface area contributed by atoms with Crippen molar-refractivity contribution in [3.63, 3.8) is 0 Å². The van der Waals surface area contributed by atoms with E-state index >= 15 is 0 Å². The molecule has 2 amide bonds. The number of hydrogen-bond acceptors (Lipinski definition) is 2. The summed E-state index contributed by atoms with van der Waals surface area (Å²) in [4.78, 5) is 11.9. The van der Waals surface area contributed by atoms with Crippen molar-refractivity contribution < 1.29 is 9.90 Å². The molecule has 4 nitrogen and oxygen atoms in total. The van der Waals surface area contributed by atoms with Gasteiger partial charge in [0.1, 0.15) is 0 Å². The highest BCUT2D eigenvalue weighted by Gasteiger charge is 2.35. The third-order valence-electron chi connectivity index (χ3n) is 2.19. The fourth-order valence-electron chi connectivity index (χ4n) is 1.26.